The molecule has 2 fully saturated rings. The van der Waals surface area contributed by atoms with Crippen molar-refractivity contribution in [1.82, 2.24) is 10.2 Å². The van der Waals surface area contributed by atoms with Gasteiger partial charge in [-0.25, -0.2) is 0 Å². The zero-order chi connectivity index (χ0) is 25.9. The van der Waals surface area contributed by atoms with Crippen LogP contribution in [-0.4, -0.2) is 40.3 Å². The second kappa shape index (κ2) is 8.96. The van der Waals surface area contributed by atoms with Crippen molar-refractivity contribution >= 4 is 46.6 Å². The van der Waals surface area contributed by atoms with Crippen LogP contribution < -0.4 is 10.6 Å². The van der Waals surface area contributed by atoms with E-state index in [-0.39, 0.29) is 6.54 Å². The molecule has 5 atom stereocenters. The summed E-state index contributed by atoms with van der Waals surface area (Å²) in [7, 11) is 0. The minimum Gasteiger partial charge on any atom is -0.387 e. The van der Waals surface area contributed by atoms with E-state index in [0.29, 0.717) is 33.3 Å². The van der Waals surface area contributed by atoms with E-state index in [1.54, 1.807) is 42.5 Å². The second-order valence-electron chi connectivity index (χ2n) is 9.69. The summed E-state index contributed by atoms with van der Waals surface area (Å²) in [5.41, 5.74) is 0.978. The fraction of sp³-hybridized carbons (Fsp3) is 0.250. The quantitative estimate of drug-likeness (QED) is 0.433. The summed E-state index contributed by atoms with van der Waals surface area (Å²) in [6.07, 6.45) is -0.692. The molecule has 3 aliphatic heterocycles. The number of likely N-dealkylation sites (tertiary alicyclic amines) is 1. The molecule has 6 rings (SSSR count). The van der Waals surface area contributed by atoms with Crippen LogP contribution in [0.5, 0.6) is 0 Å². The van der Waals surface area contributed by atoms with Crippen LogP contribution in [0.1, 0.15) is 22.8 Å². The first-order valence-electron chi connectivity index (χ1n) is 12.0. The van der Waals surface area contributed by atoms with Crippen molar-refractivity contribution in [2.24, 2.45) is 11.8 Å². The van der Waals surface area contributed by atoms with Crippen molar-refractivity contribution in [3.05, 3.63) is 99.5 Å². The Hall–Kier alpha value is -3.23. The van der Waals surface area contributed by atoms with Crippen molar-refractivity contribution in [1.29, 1.82) is 0 Å². The third-order valence-corrected chi connectivity index (χ3v) is 8.21. The normalized spacial score (nSPS) is 26.9. The lowest BCUT2D eigenvalue weighted by Crippen LogP contribution is -2.54. The maximum absolute atomic E-state index is 13.9. The Morgan fingerprint density at radius 3 is 2.35 bits per heavy atom. The molecule has 0 unspecified atom stereocenters. The number of nitrogens with zero attached hydrogens (tertiary/aromatic N) is 1. The predicted molar refractivity (Wildman–Crippen MR) is 139 cm³/mol. The van der Waals surface area contributed by atoms with Gasteiger partial charge in [-0.3, -0.25) is 24.6 Å². The van der Waals surface area contributed by atoms with Crippen LogP contribution in [0, 0.1) is 11.8 Å². The highest BCUT2D eigenvalue weighted by atomic mass is 35.5. The van der Waals surface area contributed by atoms with E-state index < -0.39 is 47.2 Å². The Kier molecular flexibility index (Phi) is 5.84. The summed E-state index contributed by atoms with van der Waals surface area (Å²) >= 11 is 12.3. The van der Waals surface area contributed by atoms with Gasteiger partial charge in [-0.1, -0.05) is 65.7 Å². The highest BCUT2D eigenvalue weighted by molar-refractivity contribution is 6.31. The number of aliphatic hydroxyl groups is 1. The van der Waals surface area contributed by atoms with Gasteiger partial charge in [0.1, 0.15) is 5.54 Å². The molecule has 1 spiro atoms. The van der Waals surface area contributed by atoms with Gasteiger partial charge in [0, 0.05) is 27.8 Å². The maximum atomic E-state index is 13.9. The van der Waals surface area contributed by atoms with Crippen LogP contribution in [0.15, 0.2) is 72.8 Å². The molecule has 0 bridgehead atoms. The minimum atomic E-state index is -1.54. The average Bonchev–Trinajstić information content (AvgIpc) is 3.48. The minimum absolute atomic E-state index is 0.179. The van der Waals surface area contributed by atoms with Gasteiger partial charge in [-0.15, -0.1) is 0 Å². The lowest BCUT2D eigenvalue weighted by molar-refractivity contribution is -0.143. The summed E-state index contributed by atoms with van der Waals surface area (Å²) in [5, 5.41) is 18.4. The zero-order valence-corrected chi connectivity index (χ0v) is 21.0. The number of nitrogens with one attached hydrogen (secondary N) is 2. The van der Waals surface area contributed by atoms with Gasteiger partial charge in [0.25, 0.3) is 0 Å². The number of imide groups is 1. The molecule has 3 N–H and O–H groups in total. The molecule has 188 valence electrons. The molecule has 3 aromatic rings. The molecule has 37 heavy (non-hydrogen) atoms. The van der Waals surface area contributed by atoms with Gasteiger partial charge >= 0.3 is 0 Å². The first kappa shape index (κ1) is 24.1. The van der Waals surface area contributed by atoms with Crippen molar-refractivity contribution in [2.75, 3.05) is 11.9 Å². The van der Waals surface area contributed by atoms with Crippen molar-refractivity contribution < 1.29 is 19.5 Å². The topological polar surface area (TPSA) is 98.7 Å². The van der Waals surface area contributed by atoms with E-state index >= 15 is 0 Å². The standard InChI is InChI=1S/C28H23Cl2N3O4/c29-17-8-6-16(7-9-17)24(34)23-21-22(26(36)33(25(21)35)13-12-15-4-2-1-3-5-15)28(32-23)19-14-18(30)10-11-20(19)31-27(28)37/h1-11,14,21-24,32,34H,12-13H2,(H,31,37)/t21-,22-,23+,24+,28-/m0/s1. The summed E-state index contributed by atoms with van der Waals surface area (Å²) < 4.78 is 0. The molecule has 3 heterocycles. The first-order chi connectivity index (χ1) is 17.8. The number of halogens is 2. The number of rotatable bonds is 5. The molecule has 3 aromatic carbocycles. The largest absolute Gasteiger partial charge is 0.387 e. The number of hydrogen-bond acceptors (Lipinski definition) is 5. The molecule has 3 amide bonds. The fourth-order valence-electron chi connectivity index (χ4n) is 6.01. The lowest BCUT2D eigenvalue weighted by Gasteiger charge is -2.30. The van der Waals surface area contributed by atoms with Crippen LogP contribution >= 0.6 is 23.2 Å². The first-order valence-corrected chi connectivity index (χ1v) is 12.8. The second-order valence-corrected chi connectivity index (χ2v) is 10.6. The Morgan fingerprint density at radius 1 is 0.919 bits per heavy atom. The van der Waals surface area contributed by atoms with Crippen LogP contribution in [-0.2, 0) is 26.3 Å². The Bertz CT molecular complexity index is 1410. The van der Waals surface area contributed by atoms with Crippen LogP contribution in [0.4, 0.5) is 5.69 Å². The number of aliphatic hydroxyl groups excluding tert-OH is 1. The molecule has 9 heteroatoms. The third kappa shape index (κ3) is 3.68. The van der Waals surface area contributed by atoms with Crippen LogP contribution in [0.25, 0.3) is 0 Å². The van der Waals surface area contributed by atoms with E-state index in [0.717, 1.165) is 5.56 Å². The van der Waals surface area contributed by atoms with Crippen molar-refractivity contribution in [3.8, 4) is 0 Å². The van der Waals surface area contributed by atoms with E-state index in [1.807, 2.05) is 30.3 Å². The van der Waals surface area contributed by atoms with Crippen molar-refractivity contribution in [3.63, 3.8) is 0 Å². The van der Waals surface area contributed by atoms with Gasteiger partial charge < -0.3 is 10.4 Å². The monoisotopic (exact) mass is 535 g/mol. The average molecular weight is 536 g/mol. The molecule has 0 aliphatic carbocycles. The molecule has 7 nitrogen and oxygen atoms in total. The van der Waals surface area contributed by atoms with E-state index in [4.69, 9.17) is 23.2 Å². The van der Waals surface area contributed by atoms with Crippen LogP contribution in [0.2, 0.25) is 10.0 Å². The molecule has 0 radical (unpaired) electrons. The van der Waals surface area contributed by atoms with E-state index in [9.17, 15) is 19.5 Å². The van der Waals surface area contributed by atoms with Gasteiger partial charge in [-0.05, 0) is 47.9 Å². The van der Waals surface area contributed by atoms with E-state index in [1.165, 1.54) is 4.90 Å². The Labute approximate surface area is 223 Å². The molecular weight excluding hydrogens is 513 g/mol. The summed E-state index contributed by atoms with van der Waals surface area (Å²) in [4.78, 5) is 42.6. The number of fused-ring (bicyclic) bond motifs is 4. The smallest absolute Gasteiger partial charge is 0.250 e. The lowest BCUT2D eigenvalue weighted by atomic mass is 9.76. The maximum Gasteiger partial charge on any atom is 0.250 e. The van der Waals surface area contributed by atoms with Gasteiger partial charge in [0.05, 0.1) is 24.0 Å². The van der Waals surface area contributed by atoms with Gasteiger partial charge in [0.2, 0.25) is 17.7 Å². The summed E-state index contributed by atoms with van der Waals surface area (Å²) in [6.45, 7) is 0.179. The van der Waals surface area contributed by atoms with Gasteiger partial charge in [-0.2, -0.15) is 0 Å². The SMILES string of the molecule is O=C1[C@@H]2[C@H]([C@H](O)c3ccc(Cl)cc3)N[C@]3(C(=O)Nc4ccc(Cl)cc43)[C@@H]2C(=O)N1CCc1ccccc1. The molecule has 3 aliphatic rings. The molecule has 0 aromatic heterocycles. The van der Waals surface area contributed by atoms with E-state index in [2.05, 4.69) is 10.6 Å². The van der Waals surface area contributed by atoms with Gasteiger partial charge in [0.15, 0.2) is 0 Å². The highest BCUT2D eigenvalue weighted by Gasteiger charge is 2.71. The Morgan fingerprint density at radius 2 is 1.62 bits per heavy atom. The summed E-state index contributed by atoms with van der Waals surface area (Å²) in [5.74, 6) is -3.28. The number of hydrogen-bond donors (Lipinski definition) is 3. The van der Waals surface area contributed by atoms with Crippen molar-refractivity contribution in [2.45, 2.75) is 24.1 Å². The highest BCUT2D eigenvalue weighted by Crippen LogP contribution is 2.55. The molecule has 0 saturated carbocycles. The number of carbonyl (C=O) groups excluding carboxylic acids is 3. The van der Waals surface area contributed by atoms with Crippen LogP contribution in [0.3, 0.4) is 0 Å². The number of benzene rings is 3. The Balaban J connectivity index is 1.43. The third-order valence-electron chi connectivity index (χ3n) is 7.72. The number of carbonyl (C=O) groups is 3. The molecular formula is C28H23Cl2N3O4. The zero-order valence-electron chi connectivity index (χ0n) is 19.5. The fourth-order valence-corrected chi connectivity index (χ4v) is 6.30. The predicted octanol–water partition coefficient (Wildman–Crippen LogP) is 3.69. The molecule has 2 saturated heterocycles. The number of amides is 3. The summed E-state index contributed by atoms with van der Waals surface area (Å²) in [6, 6.07) is 20.3. The number of anilines is 1.